The lowest BCUT2D eigenvalue weighted by molar-refractivity contribution is -0.139. The molecule has 5 heteroatoms. The SMILES string of the molecule is C[C@H]1CCC[C@H](CC/C=C\C/C=C\[C@H](O)C[C@H](O)CC(=O)O)O1. The van der Waals surface area contributed by atoms with Crippen LogP contribution >= 0.6 is 0 Å². The van der Waals surface area contributed by atoms with Gasteiger partial charge in [0.1, 0.15) is 0 Å². The monoisotopic (exact) mass is 326 g/mol. The second-order valence-electron chi connectivity index (χ2n) is 6.27. The molecule has 5 nitrogen and oxygen atoms in total. The molecule has 0 unspecified atom stereocenters. The Labute approximate surface area is 138 Å². The molecule has 0 amide bonds. The second-order valence-corrected chi connectivity index (χ2v) is 6.27. The zero-order chi connectivity index (χ0) is 17.1. The molecule has 1 saturated heterocycles. The standard InChI is InChI=1S/C18H30O5/c1-14-8-7-11-17(23-14)10-6-4-2-3-5-9-15(19)12-16(20)13-18(21)22/h2,4-5,9,14-17,19-20H,3,6-8,10-13H2,1H3,(H,21,22)/b4-2-,9-5-/t14-,15-,16-,17-/m0/s1. The third-order valence-corrected chi connectivity index (χ3v) is 3.94. The van der Waals surface area contributed by atoms with Gasteiger partial charge in [-0.3, -0.25) is 4.79 Å². The van der Waals surface area contributed by atoms with Crippen LogP contribution in [0.2, 0.25) is 0 Å². The molecule has 1 heterocycles. The van der Waals surface area contributed by atoms with Gasteiger partial charge in [-0.1, -0.05) is 24.3 Å². The largest absolute Gasteiger partial charge is 0.481 e. The summed E-state index contributed by atoms with van der Waals surface area (Å²) >= 11 is 0. The van der Waals surface area contributed by atoms with Gasteiger partial charge in [-0.05, 0) is 45.4 Å². The summed E-state index contributed by atoms with van der Waals surface area (Å²) in [6.07, 6.45) is 12.6. The number of aliphatic hydroxyl groups is 2. The molecule has 0 spiro atoms. The minimum absolute atomic E-state index is 0.0454. The summed E-state index contributed by atoms with van der Waals surface area (Å²) in [6, 6.07) is 0. The van der Waals surface area contributed by atoms with Gasteiger partial charge in [-0.25, -0.2) is 0 Å². The first-order valence-electron chi connectivity index (χ1n) is 8.52. The van der Waals surface area contributed by atoms with Crippen molar-refractivity contribution in [2.24, 2.45) is 0 Å². The lowest BCUT2D eigenvalue weighted by Gasteiger charge is -2.27. The molecule has 0 aromatic heterocycles. The van der Waals surface area contributed by atoms with E-state index in [9.17, 15) is 15.0 Å². The summed E-state index contributed by atoms with van der Waals surface area (Å²) in [7, 11) is 0. The molecule has 4 atom stereocenters. The van der Waals surface area contributed by atoms with E-state index in [1.807, 2.05) is 12.2 Å². The first-order chi connectivity index (χ1) is 11.0. The number of ether oxygens (including phenoxy) is 1. The Hall–Kier alpha value is -1.17. The number of allylic oxidation sites excluding steroid dienone is 3. The fourth-order valence-electron chi connectivity index (χ4n) is 2.76. The molecule has 0 aromatic carbocycles. The quantitative estimate of drug-likeness (QED) is 0.537. The highest BCUT2D eigenvalue weighted by molar-refractivity contribution is 5.67. The molecule has 0 saturated carbocycles. The maximum Gasteiger partial charge on any atom is 0.305 e. The maximum atomic E-state index is 10.4. The summed E-state index contributed by atoms with van der Waals surface area (Å²) in [5.74, 6) is -1.06. The van der Waals surface area contributed by atoms with Crippen LogP contribution in [0.4, 0.5) is 0 Å². The fourth-order valence-corrected chi connectivity index (χ4v) is 2.76. The first-order valence-corrected chi connectivity index (χ1v) is 8.52. The minimum Gasteiger partial charge on any atom is -0.481 e. The Morgan fingerprint density at radius 2 is 2.04 bits per heavy atom. The van der Waals surface area contributed by atoms with Crippen molar-refractivity contribution in [1.29, 1.82) is 0 Å². The van der Waals surface area contributed by atoms with Crippen LogP contribution in [0.1, 0.15) is 58.3 Å². The predicted molar refractivity (Wildman–Crippen MR) is 89.2 cm³/mol. The van der Waals surface area contributed by atoms with E-state index >= 15 is 0 Å². The number of carboxylic acid groups (broad SMARTS) is 1. The molecule has 132 valence electrons. The Bertz CT molecular complexity index is 391. The van der Waals surface area contributed by atoms with Crippen molar-refractivity contribution in [3.05, 3.63) is 24.3 Å². The summed E-state index contributed by atoms with van der Waals surface area (Å²) in [5.41, 5.74) is 0. The van der Waals surface area contributed by atoms with E-state index in [4.69, 9.17) is 9.84 Å². The number of hydrogen-bond donors (Lipinski definition) is 3. The Balaban J connectivity index is 2.09. The van der Waals surface area contributed by atoms with Crippen LogP contribution in [0.5, 0.6) is 0 Å². The molecule has 1 fully saturated rings. The van der Waals surface area contributed by atoms with E-state index in [-0.39, 0.29) is 12.8 Å². The number of rotatable bonds is 10. The lowest BCUT2D eigenvalue weighted by Crippen LogP contribution is -2.25. The number of carbonyl (C=O) groups is 1. The van der Waals surface area contributed by atoms with Gasteiger partial charge in [-0.2, -0.15) is 0 Å². The molecule has 0 radical (unpaired) electrons. The number of aliphatic carboxylic acids is 1. The smallest absolute Gasteiger partial charge is 0.305 e. The van der Waals surface area contributed by atoms with Crippen molar-refractivity contribution in [1.82, 2.24) is 0 Å². The number of hydrogen-bond acceptors (Lipinski definition) is 4. The zero-order valence-electron chi connectivity index (χ0n) is 13.9. The van der Waals surface area contributed by atoms with Gasteiger partial charge in [0.2, 0.25) is 0 Å². The summed E-state index contributed by atoms with van der Waals surface area (Å²) in [5, 5.41) is 27.6. The van der Waals surface area contributed by atoms with E-state index in [2.05, 4.69) is 13.0 Å². The molecule has 1 rings (SSSR count). The minimum atomic E-state index is -1.06. The molecule has 0 aromatic rings. The van der Waals surface area contributed by atoms with E-state index in [1.165, 1.54) is 12.8 Å². The number of aliphatic hydroxyl groups excluding tert-OH is 2. The Morgan fingerprint density at radius 3 is 2.74 bits per heavy atom. The van der Waals surface area contributed by atoms with Gasteiger partial charge in [0, 0.05) is 6.42 Å². The van der Waals surface area contributed by atoms with Gasteiger partial charge in [-0.15, -0.1) is 0 Å². The summed E-state index contributed by atoms with van der Waals surface area (Å²) < 4.78 is 5.86. The van der Waals surface area contributed by atoms with E-state index in [0.29, 0.717) is 18.6 Å². The van der Waals surface area contributed by atoms with Gasteiger partial charge < -0.3 is 20.1 Å². The molecule has 0 aliphatic carbocycles. The van der Waals surface area contributed by atoms with Gasteiger partial charge in [0.25, 0.3) is 0 Å². The lowest BCUT2D eigenvalue weighted by atomic mass is 10.0. The van der Waals surface area contributed by atoms with Crippen molar-refractivity contribution in [2.45, 2.75) is 82.7 Å². The Morgan fingerprint density at radius 1 is 1.26 bits per heavy atom. The van der Waals surface area contributed by atoms with E-state index in [1.54, 1.807) is 6.08 Å². The van der Waals surface area contributed by atoms with E-state index < -0.39 is 18.2 Å². The molecular weight excluding hydrogens is 296 g/mol. The predicted octanol–water partition coefficient (Wildman–Crippen LogP) is 2.81. The van der Waals surface area contributed by atoms with Crippen LogP contribution in [0.25, 0.3) is 0 Å². The fraction of sp³-hybridized carbons (Fsp3) is 0.722. The summed E-state index contributed by atoms with van der Waals surface area (Å²) in [6.45, 7) is 2.13. The molecular formula is C18H30O5. The molecule has 23 heavy (non-hydrogen) atoms. The van der Waals surface area contributed by atoms with Crippen LogP contribution in [-0.2, 0) is 9.53 Å². The highest BCUT2D eigenvalue weighted by atomic mass is 16.5. The van der Waals surface area contributed by atoms with Crippen LogP contribution in [-0.4, -0.2) is 45.7 Å². The second kappa shape index (κ2) is 11.4. The average molecular weight is 326 g/mol. The van der Waals surface area contributed by atoms with Gasteiger partial charge >= 0.3 is 5.97 Å². The van der Waals surface area contributed by atoms with Gasteiger partial charge in [0.15, 0.2) is 0 Å². The van der Waals surface area contributed by atoms with Crippen molar-refractivity contribution >= 4 is 5.97 Å². The van der Waals surface area contributed by atoms with Crippen molar-refractivity contribution in [3.63, 3.8) is 0 Å². The average Bonchev–Trinajstić information content (AvgIpc) is 2.45. The van der Waals surface area contributed by atoms with E-state index in [0.717, 1.165) is 19.3 Å². The van der Waals surface area contributed by atoms with Crippen molar-refractivity contribution in [3.8, 4) is 0 Å². The van der Waals surface area contributed by atoms with Crippen LogP contribution in [0.15, 0.2) is 24.3 Å². The van der Waals surface area contributed by atoms with Crippen LogP contribution < -0.4 is 0 Å². The van der Waals surface area contributed by atoms with Gasteiger partial charge in [0.05, 0.1) is 30.8 Å². The van der Waals surface area contributed by atoms with Crippen LogP contribution in [0, 0.1) is 0 Å². The molecule has 0 bridgehead atoms. The highest BCUT2D eigenvalue weighted by Gasteiger charge is 2.17. The zero-order valence-corrected chi connectivity index (χ0v) is 13.9. The normalized spacial score (nSPS) is 25.0. The summed E-state index contributed by atoms with van der Waals surface area (Å²) in [4.78, 5) is 10.4. The van der Waals surface area contributed by atoms with Crippen LogP contribution in [0.3, 0.4) is 0 Å². The first kappa shape index (κ1) is 19.9. The van der Waals surface area contributed by atoms with Crippen molar-refractivity contribution < 1.29 is 24.9 Å². The molecule has 3 N–H and O–H groups in total. The maximum absolute atomic E-state index is 10.4. The highest BCUT2D eigenvalue weighted by Crippen LogP contribution is 2.21. The topological polar surface area (TPSA) is 87.0 Å². The van der Waals surface area contributed by atoms with Crippen molar-refractivity contribution in [2.75, 3.05) is 0 Å². The third-order valence-electron chi connectivity index (χ3n) is 3.94. The Kier molecular flexibility index (Phi) is 9.83. The third kappa shape index (κ3) is 10.3. The number of carboxylic acids is 1. The molecule has 1 aliphatic rings. The molecule has 1 aliphatic heterocycles.